The first-order valence-corrected chi connectivity index (χ1v) is 10.7. The summed E-state index contributed by atoms with van der Waals surface area (Å²) in [5.41, 5.74) is 0. The van der Waals surface area contributed by atoms with Crippen molar-refractivity contribution in [1.82, 2.24) is 19.8 Å². The Bertz CT molecular complexity index is 607. The molecule has 0 aromatic rings. The Hall–Kier alpha value is -1.19. The number of nitrogens with zero attached hydrogens (tertiary/aromatic N) is 2. The van der Waals surface area contributed by atoms with Crippen molar-refractivity contribution >= 4 is 21.8 Å². The van der Waals surface area contributed by atoms with E-state index in [0.717, 1.165) is 19.2 Å². The molecule has 2 aliphatic heterocycles. The van der Waals surface area contributed by atoms with Crippen LogP contribution in [0.4, 0.5) is 0 Å². The van der Waals surface area contributed by atoms with Crippen molar-refractivity contribution in [3.63, 3.8) is 0 Å². The molecule has 0 spiro atoms. The molecule has 0 radical (unpaired) electrons. The van der Waals surface area contributed by atoms with E-state index in [-0.39, 0.29) is 29.9 Å². The molecule has 2 saturated heterocycles. The maximum Gasteiger partial charge on any atom is 0.242 e. The Morgan fingerprint density at radius 1 is 1.32 bits per heavy atom. The molecule has 2 amide bonds. The lowest BCUT2D eigenvalue weighted by atomic mass is 10.0. The maximum absolute atomic E-state index is 12.9. The number of sulfonamides is 1. The second kappa shape index (κ2) is 8.01. The number of carbonyl (C=O) groups is 2. The molecule has 2 rings (SSSR count). The van der Waals surface area contributed by atoms with E-state index in [1.807, 2.05) is 0 Å². The van der Waals surface area contributed by atoms with Crippen molar-refractivity contribution in [2.45, 2.75) is 51.7 Å². The monoisotopic (exact) mass is 374 g/mol. The van der Waals surface area contributed by atoms with Crippen molar-refractivity contribution < 1.29 is 18.0 Å². The van der Waals surface area contributed by atoms with Gasteiger partial charge < -0.3 is 10.2 Å². The highest BCUT2D eigenvalue weighted by molar-refractivity contribution is 7.88. The third-order valence-electron chi connectivity index (χ3n) is 4.79. The van der Waals surface area contributed by atoms with E-state index < -0.39 is 10.0 Å². The molecule has 0 aromatic carbocycles. The Kier molecular flexibility index (Phi) is 6.45. The first-order chi connectivity index (χ1) is 11.6. The highest BCUT2D eigenvalue weighted by Gasteiger charge is 2.45. The zero-order valence-electron chi connectivity index (χ0n) is 15.5. The van der Waals surface area contributed by atoms with Gasteiger partial charge in [-0.2, -0.15) is 0 Å². The highest BCUT2D eigenvalue weighted by atomic mass is 32.2. The molecule has 2 N–H and O–H groups in total. The summed E-state index contributed by atoms with van der Waals surface area (Å²) in [6.07, 6.45) is 2.74. The van der Waals surface area contributed by atoms with Crippen LogP contribution in [0.15, 0.2) is 0 Å². The average Bonchev–Trinajstić information content (AvgIpc) is 2.84. The molecule has 2 fully saturated rings. The van der Waals surface area contributed by atoms with Crippen LogP contribution >= 0.6 is 0 Å². The largest absolute Gasteiger partial charge is 0.354 e. The topological polar surface area (TPSA) is 98.8 Å². The van der Waals surface area contributed by atoms with Crippen LogP contribution < -0.4 is 10.0 Å². The van der Waals surface area contributed by atoms with Gasteiger partial charge in [0, 0.05) is 38.6 Å². The lowest BCUT2D eigenvalue weighted by molar-refractivity contribution is -0.143. The van der Waals surface area contributed by atoms with Crippen LogP contribution in [0, 0.1) is 5.92 Å². The van der Waals surface area contributed by atoms with Gasteiger partial charge in [0.25, 0.3) is 0 Å². The first kappa shape index (κ1) is 20.1. The molecule has 0 bridgehead atoms. The van der Waals surface area contributed by atoms with E-state index in [2.05, 4.69) is 28.8 Å². The molecule has 144 valence electrons. The lowest BCUT2D eigenvalue weighted by Crippen LogP contribution is -2.62. The number of hydrogen-bond donors (Lipinski definition) is 2. The standard InChI is InChI=1S/C16H30N4O4S/c1-11(2)5-6-19-10-14-7-13(18-25(4,23)24)9-20(14)16(22)15(19)8-17-12(3)21/h11,13-15,18H,5-10H2,1-4H3,(H,17,21)/t13-,14-,15-/m0/s1. The molecule has 3 atom stereocenters. The summed E-state index contributed by atoms with van der Waals surface area (Å²) in [6, 6.07) is -0.598. The van der Waals surface area contributed by atoms with E-state index in [9.17, 15) is 18.0 Å². The number of piperazine rings is 1. The van der Waals surface area contributed by atoms with Gasteiger partial charge in [0.1, 0.15) is 6.04 Å². The van der Waals surface area contributed by atoms with Gasteiger partial charge in [-0.25, -0.2) is 13.1 Å². The molecule has 0 aromatic heterocycles. The SMILES string of the molecule is CC(=O)NC[C@H]1C(=O)N2C[C@@H](NS(C)(=O)=O)C[C@H]2CN1CCC(C)C. The number of rotatable bonds is 7. The van der Waals surface area contributed by atoms with Crippen molar-refractivity contribution in [3.8, 4) is 0 Å². The smallest absolute Gasteiger partial charge is 0.242 e. The van der Waals surface area contributed by atoms with Crippen LogP contribution in [0.3, 0.4) is 0 Å². The minimum atomic E-state index is -3.30. The summed E-state index contributed by atoms with van der Waals surface area (Å²) in [6.45, 7) is 7.92. The number of carbonyl (C=O) groups excluding carboxylic acids is 2. The Morgan fingerprint density at radius 3 is 2.56 bits per heavy atom. The van der Waals surface area contributed by atoms with Crippen molar-refractivity contribution in [2.24, 2.45) is 5.92 Å². The predicted octanol–water partition coefficient (Wildman–Crippen LogP) is -0.628. The minimum Gasteiger partial charge on any atom is -0.354 e. The third kappa shape index (κ3) is 5.65. The van der Waals surface area contributed by atoms with Gasteiger partial charge in [-0.05, 0) is 25.3 Å². The lowest BCUT2D eigenvalue weighted by Gasteiger charge is -2.43. The third-order valence-corrected chi connectivity index (χ3v) is 5.55. The van der Waals surface area contributed by atoms with E-state index >= 15 is 0 Å². The summed E-state index contributed by atoms with van der Waals surface area (Å²) < 4.78 is 25.6. The summed E-state index contributed by atoms with van der Waals surface area (Å²) >= 11 is 0. The van der Waals surface area contributed by atoms with Crippen LogP contribution in [0.5, 0.6) is 0 Å². The van der Waals surface area contributed by atoms with Gasteiger partial charge in [-0.1, -0.05) is 13.8 Å². The molecule has 0 aliphatic carbocycles. The van der Waals surface area contributed by atoms with Gasteiger partial charge >= 0.3 is 0 Å². The zero-order chi connectivity index (χ0) is 18.8. The van der Waals surface area contributed by atoms with E-state index in [1.165, 1.54) is 6.92 Å². The van der Waals surface area contributed by atoms with E-state index in [1.54, 1.807) is 4.90 Å². The number of amides is 2. The molecular weight excluding hydrogens is 344 g/mol. The molecule has 25 heavy (non-hydrogen) atoms. The van der Waals surface area contributed by atoms with Crippen LogP contribution in [0.1, 0.15) is 33.6 Å². The predicted molar refractivity (Wildman–Crippen MR) is 95.4 cm³/mol. The molecular formula is C16H30N4O4S. The number of fused-ring (bicyclic) bond motifs is 1. The number of hydrogen-bond acceptors (Lipinski definition) is 5. The molecule has 0 unspecified atom stereocenters. The minimum absolute atomic E-state index is 0.0208. The van der Waals surface area contributed by atoms with Crippen LogP contribution in [-0.4, -0.2) is 80.6 Å². The number of nitrogens with one attached hydrogen (secondary N) is 2. The molecule has 2 heterocycles. The first-order valence-electron chi connectivity index (χ1n) is 8.83. The van der Waals surface area contributed by atoms with Crippen molar-refractivity contribution in [1.29, 1.82) is 0 Å². The van der Waals surface area contributed by atoms with Crippen LogP contribution in [0.25, 0.3) is 0 Å². The van der Waals surface area contributed by atoms with E-state index in [0.29, 0.717) is 32.0 Å². The Balaban J connectivity index is 2.10. The maximum atomic E-state index is 12.9. The van der Waals surface area contributed by atoms with Crippen LogP contribution in [0.2, 0.25) is 0 Å². The average molecular weight is 375 g/mol. The van der Waals surface area contributed by atoms with Crippen molar-refractivity contribution in [3.05, 3.63) is 0 Å². The highest BCUT2D eigenvalue weighted by Crippen LogP contribution is 2.27. The second-order valence-corrected chi connectivity index (χ2v) is 9.38. The Morgan fingerprint density at radius 2 is 2.00 bits per heavy atom. The summed E-state index contributed by atoms with van der Waals surface area (Å²) in [5.74, 6) is 0.348. The Labute approximate surface area is 150 Å². The fourth-order valence-corrected chi connectivity index (χ4v) is 4.40. The van der Waals surface area contributed by atoms with Gasteiger partial charge in [-0.15, -0.1) is 0 Å². The molecule has 0 saturated carbocycles. The quantitative estimate of drug-likeness (QED) is 0.618. The van der Waals surface area contributed by atoms with Gasteiger partial charge in [0.05, 0.1) is 6.26 Å². The van der Waals surface area contributed by atoms with Gasteiger partial charge in [0.2, 0.25) is 21.8 Å². The summed E-state index contributed by atoms with van der Waals surface area (Å²) in [5, 5.41) is 2.75. The normalized spacial score (nSPS) is 27.6. The summed E-state index contributed by atoms with van der Waals surface area (Å²) in [4.78, 5) is 28.1. The summed E-state index contributed by atoms with van der Waals surface area (Å²) in [7, 11) is -3.30. The van der Waals surface area contributed by atoms with Crippen LogP contribution in [-0.2, 0) is 19.6 Å². The fourth-order valence-electron chi connectivity index (χ4n) is 3.62. The molecule has 9 heteroatoms. The van der Waals surface area contributed by atoms with Gasteiger partial charge in [-0.3, -0.25) is 14.5 Å². The molecule has 2 aliphatic rings. The van der Waals surface area contributed by atoms with Gasteiger partial charge in [0.15, 0.2) is 0 Å². The molecule has 8 nitrogen and oxygen atoms in total. The van der Waals surface area contributed by atoms with E-state index in [4.69, 9.17) is 0 Å². The second-order valence-electron chi connectivity index (χ2n) is 7.60. The zero-order valence-corrected chi connectivity index (χ0v) is 16.3. The van der Waals surface area contributed by atoms with Crippen molar-refractivity contribution in [2.75, 3.05) is 32.4 Å². The fraction of sp³-hybridized carbons (Fsp3) is 0.875.